The summed E-state index contributed by atoms with van der Waals surface area (Å²) in [5.41, 5.74) is 1.90. The molecule has 0 fully saturated rings. The molecular formula is C16H14INO2S2. The lowest BCUT2D eigenvalue weighted by Crippen LogP contribution is -2.04. The Morgan fingerprint density at radius 1 is 1.09 bits per heavy atom. The number of hydrogen-bond acceptors (Lipinski definition) is 4. The molecule has 0 saturated heterocycles. The van der Waals surface area contributed by atoms with Gasteiger partial charge in [0.15, 0.2) is 9.84 Å². The normalized spacial score (nSPS) is 11.9. The van der Waals surface area contributed by atoms with Gasteiger partial charge in [0.1, 0.15) is 9.04 Å². The van der Waals surface area contributed by atoms with Gasteiger partial charge in [-0.1, -0.05) is 52.9 Å². The number of rotatable bonds is 5. The van der Waals surface area contributed by atoms with Crippen LogP contribution >= 0.6 is 33.9 Å². The van der Waals surface area contributed by atoms with Crippen molar-refractivity contribution in [2.45, 2.75) is 10.6 Å². The van der Waals surface area contributed by atoms with Gasteiger partial charge in [0, 0.05) is 15.4 Å². The van der Waals surface area contributed by atoms with Crippen LogP contribution in [0.25, 0.3) is 21.5 Å². The van der Waals surface area contributed by atoms with Crippen molar-refractivity contribution >= 4 is 54.0 Å². The van der Waals surface area contributed by atoms with Gasteiger partial charge in [0.05, 0.1) is 11.4 Å². The van der Waals surface area contributed by atoms with Crippen LogP contribution in [0.15, 0.2) is 52.7 Å². The highest BCUT2D eigenvalue weighted by Gasteiger charge is 2.18. The van der Waals surface area contributed by atoms with E-state index in [2.05, 4.69) is 27.6 Å². The second-order valence-corrected chi connectivity index (χ2v) is 9.33. The number of pyridine rings is 1. The molecule has 3 aromatic rings. The maximum Gasteiger partial charge on any atom is 0.187 e. The summed E-state index contributed by atoms with van der Waals surface area (Å²) in [5, 5.41) is 0.887. The molecule has 0 spiro atoms. The molecule has 0 radical (unpaired) electrons. The number of hydrogen-bond donors (Lipinski definition) is 0. The summed E-state index contributed by atoms with van der Waals surface area (Å²) in [4.78, 5) is 5.39. The Morgan fingerprint density at radius 2 is 1.86 bits per heavy atom. The molecule has 2 aromatic heterocycles. The summed E-state index contributed by atoms with van der Waals surface area (Å²) in [5.74, 6) is 0.203. The number of alkyl halides is 1. The molecule has 0 atom stereocenters. The fourth-order valence-electron chi connectivity index (χ4n) is 2.16. The van der Waals surface area contributed by atoms with E-state index < -0.39 is 9.84 Å². The number of thiophene rings is 1. The van der Waals surface area contributed by atoms with Crippen LogP contribution in [0.4, 0.5) is 0 Å². The summed E-state index contributed by atoms with van der Waals surface area (Å²) in [6.45, 7) is 0. The first-order chi connectivity index (χ1) is 10.6. The first kappa shape index (κ1) is 15.9. The minimum Gasteiger partial charge on any atom is -0.237 e. The second-order valence-electron chi connectivity index (χ2n) is 4.88. The van der Waals surface area contributed by atoms with Gasteiger partial charge in [-0.3, -0.25) is 0 Å². The fraction of sp³-hybridized carbons (Fsp3) is 0.188. The van der Waals surface area contributed by atoms with Gasteiger partial charge in [-0.2, -0.15) is 0 Å². The molecule has 0 N–H and O–H groups in total. The molecule has 2 heterocycles. The van der Waals surface area contributed by atoms with Gasteiger partial charge >= 0.3 is 0 Å². The zero-order chi connectivity index (χ0) is 15.6. The number of benzene rings is 1. The molecule has 6 heteroatoms. The summed E-state index contributed by atoms with van der Waals surface area (Å²) >= 11 is 3.46. The Bertz CT molecular complexity index is 889. The average Bonchev–Trinajstić information content (AvgIpc) is 2.98. The van der Waals surface area contributed by atoms with Gasteiger partial charge in [0.25, 0.3) is 0 Å². The first-order valence-electron chi connectivity index (χ1n) is 6.85. The van der Waals surface area contributed by atoms with Gasteiger partial charge in [-0.15, -0.1) is 11.3 Å². The van der Waals surface area contributed by atoms with Crippen molar-refractivity contribution in [1.82, 2.24) is 4.98 Å². The largest absolute Gasteiger partial charge is 0.237 e. The molecule has 1 aromatic carbocycles. The van der Waals surface area contributed by atoms with E-state index >= 15 is 0 Å². The van der Waals surface area contributed by atoms with E-state index in [1.54, 1.807) is 6.07 Å². The van der Waals surface area contributed by atoms with Crippen LogP contribution in [0.1, 0.15) is 6.42 Å². The molecule has 0 amide bonds. The van der Waals surface area contributed by atoms with Crippen LogP contribution in [0.3, 0.4) is 0 Å². The third kappa shape index (κ3) is 3.33. The zero-order valence-corrected chi connectivity index (χ0v) is 15.5. The first-order valence-corrected chi connectivity index (χ1v) is 10.8. The van der Waals surface area contributed by atoms with E-state index in [0.29, 0.717) is 10.6 Å². The van der Waals surface area contributed by atoms with E-state index in [4.69, 9.17) is 0 Å². The van der Waals surface area contributed by atoms with Gasteiger partial charge in [-0.25, -0.2) is 13.4 Å². The van der Waals surface area contributed by atoms with Gasteiger partial charge in [0.2, 0.25) is 0 Å². The number of halogens is 1. The maximum atomic E-state index is 12.3. The lowest BCUT2D eigenvalue weighted by Gasteiger charge is -1.99. The highest BCUT2D eigenvalue weighted by Crippen LogP contribution is 2.30. The Hall–Kier alpha value is -0.990. The lowest BCUT2D eigenvalue weighted by molar-refractivity contribution is 0.597. The number of fused-ring (bicyclic) bond motifs is 1. The van der Waals surface area contributed by atoms with Crippen LogP contribution in [-0.4, -0.2) is 23.6 Å². The minimum atomic E-state index is -3.19. The molecule has 0 aliphatic carbocycles. The Morgan fingerprint density at radius 3 is 2.59 bits per heavy atom. The average molecular weight is 443 g/mol. The van der Waals surface area contributed by atoms with Crippen molar-refractivity contribution in [3.05, 3.63) is 48.5 Å². The van der Waals surface area contributed by atoms with Crippen molar-refractivity contribution in [3.8, 4) is 11.3 Å². The van der Waals surface area contributed by atoms with E-state index in [1.165, 1.54) is 11.3 Å². The SMILES string of the molecule is O=S(=O)(CCCI)c1cc2ccc(-c3ccccc3)nc2s1. The smallest absolute Gasteiger partial charge is 0.187 e. The predicted molar refractivity (Wildman–Crippen MR) is 101 cm³/mol. The molecule has 3 nitrogen and oxygen atoms in total. The number of aromatic nitrogens is 1. The summed E-state index contributed by atoms with van der Waals surface area (Å²) in [6, 6.07) is 15.5. The monoisotopic (exact) mass is 443 g/mol. The summed E-state index contributed by atoms with van der Waals surface area (Å²) in [6.07, 6.45) is 0.680. The maximum absolute atomic E-state index is 12.3. The van der Waals surface area contributed by atoms with Crippen molar-refractivity contribution < 1.29 is 8.42 Å². The van der Waals surface area contributed by atoms with Crippen molar-refractivity contribution in [2.24, 2.45) is 0 Å². The van der Waals surface area contributed by atoms with Crippen LogP contribution in [0.5, 0.6) is 0 Å². The molecule has 22 heavy (non-hydrogen) atoms. The molecule has 0 bridgehead atoms. The van der Waals surface area contributed by atoms with Crippen LogP contribution in [-0.2, 0) is 9.84 Å². The summed E-state index contributed by atoms with van der Waals surface area (Å²) in [7, 11) is -3.19. The Balaban J connectivity index is 2.01. The van der Waals surface area contributed by atoms with E-state index in [0.717, 1.165) is 25.9 Å². The van der Waals surface area contributed by atoms with Crippen LogP contribution < -0.4 is 0 Å². The fourth-order valence-corrected chi connectivity index (χ4v) is 5.85. The molecule has 114 valence electrons. The van der Waals surface area contributed by atoms with Crippen molar-refractivity contribution in [3.63, 3.8) is 0 Å². The van der Waals surface area contributed by atoms with Crippen LogP contribution in [0.2, 0.25) is 0 Å². The Kier molecular flexibility index (Phi) is 4.79. The van der Waals surface area contributed by atoms with E-state index in [1.807, 2.05) is 42.5 Å². The lowest BCUT2D eigenvalue weighted by atomic mass is 10.1. The second kappa shape index (κ2) is 6.64. The highest BCUT2D eigenvalue weighted by molar-refractivity contribution is 14.1. The third-order valence-electron chi connectivity index (χ3n) is 3.28. The Labute approximate surface area is 147 Å². The van der Waals surface area contributed by atoms with E-state index in [-0.39, 0.29) is 5.75 Å². The summed E-state index contributed by atoms with van der Waals surface area (Å²) < 4.78 is 25.9. The zero-order valence-electron chi connectivity index (χ0n) is 11.7. The molecule has 0 saturated carbocycles. The molecular weight excluding hydrogens is 429 g/mol. The topological polar surface area (TPSA) is 47.0 Å². The number of sulfone groups is 1. The van der Waals surface area contributed by atoms with Gasteiger partial charge in [-0.05, 0) is 24.6 Å². The van der Waals surface area contributed by atoms with E-state index in [9.17, 15) is 8.42 Å². The van der Waals surface area contributed by atoms with Crippen LogP contribution in [0, 0.1) is 0 Å². The third-order valence-corrected chi connectivity index (χ3v) is 7.45. The standard InChI is InChI=1S/C16H14INO2S2/c17-9-4-10-22(19,20)15-11-13-7-8-14(18-16(13)21-15)12-5-2-1-3-6-12/h1-3,5-8,11H,4,9-10H2. The highest BCUT2D eigenvalue weighted by atomic mass is 127. The molecule has 3 rings (SSSR count). The molecule has 0 aliphatic heterocycles. The van der Waals surface area contributed by atoms with Crippen molar-refractivity contribution in [1.29, 1.82) is 0 Å². The molecule has 0 unspecified atom stereocenters. The van der Waals surface area contributed by atoms with Crippen molar-refractivity contribution in [2.75, 3.05) is 10.2 Å². The molecule has 0 aliphatic rings. The minimum absolute atomic E-state index is 0.203. The predicted octanol–water partition coefficient (Wildman–Crippen LogP) is 4.56. The van der Waals surface area contributed by atoms with Gasteiger partial charge < -0.3 is 0 Å². The number of nitrogens with zero attached hydrogens (tertiary/aromatic N) is 1. The quantitative estimate of drug-likeness (QED) is 0.429.